The summed E-state index contributed by atoms with van der Waals surface area (Å²) in [5.74, 6) is 1.04. The van der Waals surface area contributed by atoms with Gasteiger partial charge in [0, 0.05) is 13.7 Å². The highest BCUT2D eigenvalue weighted by atomic mass is 16.5. The third-order valence-corrected chi connectivity index (χ3v) is 5.64. The number of carbonyl (C=O) groups is 1. The highest BCUT2D eigenvalue weighted by molar-refractivity contribution is 6.10. The van der Waals surface area contributed by atoms with Gasteiger partial charge < -0.3 is 20.3 Å². The molecule has 2 heterocycles. The van der Waals surface area contributed by atoms with Crippen LogP contribution in [0.25, 0.3) is 0 Å². The molecule has 29 heavy (non-hydrogen) atoms. The zero-order chi connectivity index (χ0) is 20.1. The van der Waals surface area contributed by atoms with Gasteiger partial charge in [0.25, 0.3) is 0 Å². The van der Waals surface area contributed by atoms with Crippen LogP contribution in [0.4, 0.5) is 11.4 Å². The van der Waals surface area contributed by atoms with Gasteiger partial charge in [-0.1, -0.05) is 42.5 Å². The number of anilines is 2. The number of ether oxygens (including phenoxy) is 1. The molecule has 4 rings (SSSR count). The number of aliphatic imine (C=N–C) groups is 1. The SMILES string of the molecule is COCCC(=O)N1CCCC2(C1)Nc1ccccc1NC2=NCc1ccccc1. The van der Waals surface area contributed by atoms with Crippen LogP contribution in [0.5, 0.6) is 0 Å². The fraction of sp³-hybridized carbons (Fsp3) is 0.391. The van der Waals surface area contributed by atoms with Gasteiger partial charge in [0.1, 0.15) is 11.4 Å². The van der Waals surface area contributed by atoms with Gasteiger partial charge in [-0.3, -0.25) is 9.79 Å². The summed E-state index contributed by atoms with van der Waals surface area (Å²) in [5.41, 5.74) is 2.84. The van der Waals surface area contributed by atoms with Crippen molar-refractivity contribution < 1.29 is 9.53 Å². The van der Waals surface area contributed by atoms with Crippen molar-refractivity contribution in [2.24, 2.45) is 4.99 Å². The number of amides is 1. The van der Waals surface area contributed by atoms with E-state index in [1.165, 1.54) is 5.56 Å². The van der Waals surface area contributed by atoms with Crippen molar-refractivity contribution in [3.05, 3.63) is 60.2 Å². The molecule has 2 aromatic rings. The van der Waals surface area contributed by atoms with Crippen LogP contribution in [-0.2, 0) is 16.1 Å². The van der Waals surface area contributed by atoms with E-state index in [1.54, 1.807) is 7.11 Å². The van der Waals surface area contributed by atoms with E-state index in [-0.39, 0.29) is 5.91 Å². The Balaban J connectivity index is 1.63. The number of rotatable bonds is 5. The minimum absolute atomic E-state index is 0.133. The number of nitrogens with one attached hydrogen (secondary N) is 2. The first-order chi connectivity index (χ1) is 14.2. The minimum Gasteiger partial charge on any atom is -0.384 e. The van der Waals surface area contributed by atoms with Gasteiger partial charge >= 0.3 is 0 Å². The second-order valence-electron chi connectivity index (χ2n) is 7.69. The highest BCUT2D eigenvalue weighted by Crippen LogP contribution is 2.36. The summed E-state index contributed by atoms with van der Waals surface area (Å²) in [7, 11) is 1.63. The molecule has 0 bridgehead atoms. The zero-order valence-electron chi connectivity index (χ0n) is 16.9. The molecule has 1 fully saturated rings. The monoisotopic (exact) mass is 392 g/mol. The van der Waals surface area contributed by atoms with E-state index in [9.17, 15) is 4.79 Å². The second kappa shape index (κ2) is 8.66. The summed E-state index contributed by atoms with van der Waals surface area (Å²) in [6.45, 7) is 2.43. The Morgan fingerprint density at radius 1 is 1.14 bits per heavy atom. The van der Waals surface area contributed by atoms with Crippen LogP contribution in [0, 0.1) is 0 Å². The number of hydrogen-bond donors (Lipinski definition) is 2. The molecule has 6 heteroatoms. The Kier molecular flexibility index (Phi) is 5.81. The third-order valence-electron chi connectivity index (χ3n) is 5.64. The quantitative estimate of drug-likeness (QED) is 0.817. The Morgan fingerprint density at radius 3 is 2.69 bits per heavy atom. The maximum atomic E-state index is 12.7. The number of para-hydroxylation sites is 2. The van der Waals surface area contributed by atoms with Crippen molar-refractivity contribution in [1.29, 1.82) is 0 Å². The number of fused-ring (bicyclic) bond motifs is 1. The van der Waals surface area contributed by atoms with Gasteiger partial charge in [0.15, 0.2) is 0 Å². The predicted octanol–water partition coefficient (Wildman–Crippen LogP) is 3.52. The van der Waals surface area contributed by atoms with Crippen molar-refractivity contribution in [2.45, 2.75) is 31.3 Å². The van der Waals surface area contributed by atoms with Gasteiger partial charge in [-0.2, -0.15) is 0 Å². The topological polar surface area (TPSA) is 66.0 Å². The molecule has 1 atom stereocenters. The highest BCUT2D eigenvalue weighted by Gasteiger charge is 2.44. The number of amidine groups is 1. The Bertz CT molecular complexity index is 883. The van der Waals surface area contributed by atoms with Crippen molar-refractivity contribution in [3.63, 3.8) is 0 Å². The largest absolute Gasteiger partial charge is 0.384 e. The number of nitrogens with zero attached hydrogens (tertiary/aromatic N) is 2. The Morgan fingerprint density at radius 2 is 1.90 bits per heavy atom. The fourth-order valence-electron chi connectivity index (χ4n) is 4.12. The first-order valence-corrected chi connectivity index (χ1v) is 10.2. The third kappa shape index (κ3) is 4.27. The van der Waals surface area contributed by atoms with E-state index in [0.29, 0.717) is 26.1 Å². The molecule has 2 aliphatic heterocycles. The van der Waals surface area contributed by atoms with Crippen LogP contribution in [-0.4, -0.2) is 49.0 Å². The number of benzene rings is 2. The van der Waals surface area contributed by atoms with E-state index >= 15 is 0 Å². The molecular weight excluding hydrogens is 364 g/mol. The van der Waals surface area contributed by atoms with Crippen molar-refractivity contribution in [2.75, 3.05) is 37.4 Å². The normalized spacial score (nSPS) is 22.1. The molecule has 6 nitrogen and oxygen atoms in total. The molecule has 2 aromatic carbocycles. The summed E-state index contributed by atoms with van der Waals surface area (Å²) in [6.07, 6.45) is 2.27. The molecule has 0 aliphatic carbocycles. The second-order valence-corrected chi connectivity index (χ2v) is 7.69. The lowest BCUT2D eigenvalue weighted by Crippen LogP contribution is -2.62. The summed E-state index contributed by atoms with van der Waals surface area (Å²) >= 11 is 0. The lowest BCUT2D eigenvalue weighted by Gasteiger charge is -2.47. The first-order valence-electron chi connectivity index (χ1n) is 10.2. The van der Waals surface area contributed by atoms with Crippen molar-refractivity contribution in [1.82, 2.24) is 4.90 Å². The summed E-state index contributed by atoms with van der Waals surface area (Å²) in [4.78, 5) is 19.6. The maximum Gasteiger partial charge on any atom is 0.224 e. The van der Waals surface area contributed by atoms with Gasteiger partial charge in [-0.25, -0.2) is 0 Å². The number of piperidine rings is 1. The molecule has 2 N–H and O–H groups in total. The average Bonchev–Trinajstić information content (AvgIpc) is 2.77. The van der Waals surface area contributed by atoms with E-state index in [0.717, 1.165) is 36.6 Å². The standard InChI is InChI=1S/C23H28N4O2/c1-29-15-12-21(28)27-14-7-13-23(17-27)22(24-16-18-8-3-2-4-9-18)25-19-10-5-6-11-20(19)26-23/h2-6,8-11,26H,7,12-17H2,1H3,(H,24,25). The summed E-state index contributed by atoms with van der Waals surface area (Å²) in [6, 6.07) is 18.4. The van der Waals surface area contributed by atoms with Crippen molar-refractivity contribution >= 4 is 23.1 Å². The van der Waals surface area contributed by atoms with Crippen LogP contribution in [0.2, 0.25) is 0 Å². The molecule has 1 spiro atoms. The van der Waals surface area contributed by atoms with Gasteiger partial charge in [-0.05, 0) is 30.5 Å². The minimum atomic E-state index is -0.399. The van der Waals surface area contributed by atoms with Crippen LogP contribution < -0.4 is 10.6 Å². The number of likely N-dealkylation sites (tertiary alicyclic amines) is 1. The van der Waals surface area contributed by atoms with Crippen LogP contribution >= 0.6 is 0 Å². The average molecular weight is 393 g/mol. The first kappa shape index (κ1) is 19.5. The van der Waals surface area contributed by atoms with Crippen LogP contribution in [0.3, 0.4) is 0 Å². The van der Waals surface area contributed by atoms with Crippen LogP contribution in [0.1, 0.15) is 24.8 Å². The van der Waals surface area contributed by atoms with E-state index in [1.807, 2.05) is 35.2 Å². The van der Waals surface area contributed by atoms with Crippen LogP contribution in [0.15, 0.2) is 59.6 Å². The smallest absolute Gasteiger partial charge is 0.224 e. The molecule has 2 aliphatic rings. The summed E-state index contributed by atoms with van der Waals surface area (Å²) in [5, 5.41) is 7.28. The summed E-state index contributed by atoms with van der Waals surface area (Å²) < 4.78 is 5.10. The molecule has 0 aromatic heterocycles. The molecule has 1 unspecified atom stereocenters. The van der Waals surface area contributed by atoms with E-state index in [2.05, 4.69) is 34.9 Å². The lowest BCUT2D eigenvalue weighted by molar-refractivity contribution is -0.133. The molecular formula is C23H28N4O2. The maximum absolute atomic E-state index is 12.7. The molecule has 0 radical (unpaired) electrons. The lowest BCUT2D eigenvalue weighted by atomic mass is 9.85. The Hall–Kier alpha value is -2.86. The van der Waals surface area contributed by atoms with E-state index in [4.69, 9.17) is 9.73 Å². The zero-order valence-corrected chi connectivity index (χ0v) is 16.9. The Labute approximate surface area is 172 Å². The molecule has 1 saturated heterocycles. The van der Waals surface area contributed by atoms with Gasteiger partial charge in [-0.15, -0.1) is 0 Å². The molecule has 152 valence electrons. The number of methoxy groups -OCH3 is 1. The molecule has 0 saturated carbocycles. The van der Waals surface area contributed by atoms with Gasteiger partial charge in [0.05, 0.1) is 37.5 Å². The molecule has 1 amide bonds. The number of carbonyl (C=O) groups excluding carboxylic acids is 1. The van der Waals surface area contributed by atoms with Gasteiger partial charge in [0.2, 0.25) is 5.91 Å². The number of hydrogen-bond acceptors (Lipinski definition) is 4. The van der Waals surface area contributed by atoms with E-state index < -0.39 is 5.54 Å². The van der Waals surface area contributed by atoms with Crippen molar-refractivity contribution in [3.8, 4) is 0 Å². The predicted molar refractivity (Wildman–Crippen MR) is 116 cm³/mol. The fourth-order valence-corrected chi connectivity index (χ4v) is 4.12.